The van der Waals surface area contributed by atoms with Gasteiger partial charge in [0.25, 0.3) is 0 Å². The van der Waals surface area contributed by atoms with E-state index in [1.807, 2.05) is 6.07 Å². The highest BCUT2D eigenvalue weighted by Crippen LogP contribution is 2.25. The molecule has 0 amide bonds. The average Bonchev–Trinajstić information content (AvgIpc) is 2.28. The van der Waals surface area contributed by atoms with Crippen molar-refractivity contribution < 1.29 is 9.47 Å². The summed E-state index contributed by atoms with van der Waals surface area (Å²) in [6, 6.07) is 7.09. The number of benzene rings is 1. The summed E-state index contributed by atoms with van der Waals surface area (Å²) in [5.74, 6) is 1.22. The maximum atomic E-state index is 8.51. The van der Waals surface area contributed by atoms with Gasteiger partial charge < -0.3 is 14.9 Å². The summed E-state index contributed by atoms with van der Waals surface area (Å²) in [7, 11) is 3.09. The van der Waals surface area contributed by atoms with E-state index in [1.165, 1.54) is 7.11 Å². The molecule has 0 fully saturated rings. The van der Waals surface area contributed by atoms with E-state index < -0.39 is 0 Å². The lowest BCUT2D eigenvalue weighted by Gasteiger charge is -2.09. The number of nitrogens with one attached hydrogen (secondary N) is 1. The Morgan fingerprint density at radius 3 is 2.67 bits per heavy atom. The van der Waals surface area contributed by atoms with Gasteiger partial charge in [0, 0.05) is 11.6 Å². The number of methoxy groups -OCH3 is 2. The SMILES string of the molecule is COc1ccc(C(=N)CC#N)c(OC)c1. The molecule has 0 aromatic heterocycles. The van der Waals surface area contributed by atoms with Gasteiger partial charge in [-0.2, -0.15) is 5.26 Å². The van der Waals surface area contributed by atoms with Crippen molar-refractivity contribution >= 4 is 5.71 Å². The molecule has 0 radical (unpaired) electrons. The molecule has 0 saturated carbocycles. The zero-order valence-corrected chi connectivity index (χ0v) is 8.70. The molecule has 0 aliphatic carbocycles. The van der Waals surface area contributed by atoms with E-state index in [9.17, 15) is 0 Å². The minimum atomic E-state index is 0.0721. The van der Waals surface area contributed by atoms with Crippen LogP contribution in [0, 0.1) is 16.7 Å². The third kappa shape index (κ3) is 2.47. The van der Waals surface area contributed by atoms with Crippen LogP contribution >= 0.6 is 0 Å². The average molecular weight is 204 g/mol. The van der Waals surface area contributed by atoms with Crippen molar-refractivity contribution in [1.82, 2.24) is 0 Å². The maximum absolute atomic E-state index is 8.51. The first kappa shape index (κ1) is 11.1. The standard InChI is InChI=1S/C11H12N2O2/c1-14-8-3-4-9(10(13)5-6-12)11(7-8)15-2/h3-4,7,13H,5H2,1-2H3. The Kier molecular flexibility index (Phi) is 3.69. The summed E-state index contributed by atoms with van der Waals surface area (Å²) in [6.45, 7) is 0. The minimum absolute atomic E-state index is 0.0721. The van der Waals surface area contributed by atoms with Crippen LogP contribution in [0.2, 0.25) is 0 Å². The van der Waals surface area contributed by atoms with Crippen molar-refractivity contribution in [2.45, 2.75) is 6.42 Å². The van der Waals surface area contributed by atoms with Crippen LogP contribution in [-0.4, -0.2) is 19.9 Å². The van der Waals surface area contributed by atoms with Crippen LogP contribution < -0.4 is 9.47 Å². The van der Waals surface area contributed by atoms with Gasteiger partial charge in [-0.25, -0.2) is 0 Å². The van der Waals surface area contributed by atoms with Crippen LogP contribution in [0.25, 0.3) is 0 Å². The van der Waals surface area contributed by atoms with Gasteiger partial charge in [-0.15, -0.1) is 0 Å². The molecule has 78 valence electrons. The van der Waals surface area contributed by atoms with Crippen LogP contribution in [0.1, 0.15) is 12.0 Å². The molecule has 1 N–H and O–H groups in total. The first-order valence-electron chi connectivity index (χ1n) is 4.39. The molecular weight excluding hydrogens is 192 g/mol. The quantitative estimate of drug-likeness (QED) is 0.762. The molecule has 0 spiro atoms. The lowest BCUT2D eigenvalue weighted by Crippen LogP contribution is -2.01. The molecule has 1 aromatic rings. The van der Waals surface area contributed by atoms with E-state index in [0.29, 0.717) is 17.1 Å². The van der Waals surface area contributed by atoms with Gasteiger partial charge >= 0.3 is 0 Å². The van der Waals surface area contributed by atoms with Crippen molar-refractivity contribution in [2.75, 3.05) is 14.2 Å². The number of rotatable bonds is 4. The van der Waals surface area contributed by atoms with Crippen LogP contribution in [0.3, 0.4) is 0 Å². The Labute approximate surface area is 88.6 Å². The topological polar surface area (TPSA) is 66.1 Å². The molecule has 0 bridgehead atoms. The monoisotopic (exact) mass is 204 g/mol. The molecule has 0 aliphatic heterocycles. The van der Waals surface area contributed by atoms with Gasteiger partial charge in [0.05, 0.1) is 32.4 Å². The molecule has 1 aromatic carbocycles. The van der Waals surface area contributed by atoms with Gasteiger partial charge in [-0.3, -0.25) is 0 Å². The summed E-state index contributed by atoms with van der Waals surface area (Å²) < 4.78 is 10.2. The molecule has 1 rings (SSSR count). The van der Waals surface area contributed by atoms with Gasteiger partial charge in [-0.1, -0.05) is 0 Å². The molecule has 4 nitrogen and oxygen atoms in total. The smallest absolute Gasteiger partial charge is 0.131 e. The normalized spacial score (nSPS) is 9.13. The Balaban J connectivity index is 3.08. The molecule has 0 atom stereocenters. The number of nitrogens with zero attached hydrogens (tertiary/aromatic N) is 1. The second kappa shape index (κ2) is 5.01. The van der Waals surface area contributed by atoms with Crippen LogP contribution in [0.5, 0.6) is 11.5 Å². The minimum Gasteiger partial charge on any atom is -0.497 e. The van der Waals surface area contributed by atoms with E-state index in [4.69, 9.17) is 20.1 Å². The summed E-state index contributed by atoms with van der Waals surface area (Å²) in [5.41, 5.74) is 0.872. The van der Waals surface area contributed by atoms with Crippen LogP contribution in [0.4, 0.5) is 0 Å². The van der Waals surface area contributed by atoms with Gasteiger partial charge in [0.1, 0.15) is 11.5 Å². The fourth-order valence-corrected chi connectivity index (χ4v) is 1.22. The van der Waals surface area contributed by atoms with Gasteiger partial charge in [0.2, 0.25) is 0 Å². The summed E-state index contributed by atoms with van der Waals surface area (Å²) >= 11 is 0. The van der Waals surface area contributed by atoms with Crippen LogP contribution in [0.15, 0.2) is 18.2 Å². The Hall–Kier alpha value is -2.02. The lowest BCUT2D eigenvalue weighted by atomic mass is 10.1. The number of nitriles is 1. The Morgan fingerprint density at radius 1 is 1.40 bits per heavy atom. The Bertz CT molecular complexity index is 408. The first-order chi connectivity index (χ1) is 7.22. The third-order valence-corrected chi connectivity index (χ3v) is 1.99. The van der Waals surface area contributed by atoms with E-state index in [-0.39, 0.29) is 12.1 Å². The highest BCUT2D eigenvalue weighted by Gasteiger charge is 2.09. The largest absolute Gasteiger partial charge is 0.497 e. The highest BCUT2D eigenvalue weighted by atomic mass is 16.5. The third-order valence-electron chi connectivity index (χ3n) is 1.99. The molecule has 4 heteroatoms. The van der Waals surface area contributed by atoms with E-state index in [1.54, 1.807) is 25.3 Å². The maximum Gasteiger partial charge on any atom is 0.131 e. The van der Waals surface area contributed by atoms with E-state index in [2.05, 4.69) is 0 Å². The number of ether oxygens (including phenoxy) is 2. The van der Waals surface area contributed by atoms with Crippen molar-refractivity contribution in [3.05, 3.63) is 23.8 Å². The van der Waals surface area contributed by atoms with Crippen molar-refractivity contribution in [3.8, 4) is 17.6 Å². The molecule has 0 saturated heterocycles. The van der Waals surface area contributed by atoms with Gasteiger partial charge in [-0.05, 0) is 12.1 Å². The highest BCUT2D eigenvalue weighted by molar-refractivity contribution is 6.01. The van der Waals surface area contributed by atoms with E-state index >= 15 is 0 Å². The fraction of sp³-hybridized carbons (Fsp3) is 0.273. The van der Waals surface area contributed by atoms with Crippen molar-refractivity contribution in [1.29, 1.82) is 10.7 Å². The van der Waals surface area contributed by atoms with Gasteiger partial charge in [0.15, 0.2) is 0 Å². The first-order valence-corrected chi connectivity index (χ1v) is 4.39. The summed E-state index contributed by atoms with van der Waals surface area (Å²) in [5, 5.41) is 16.2. The summed E-state index contributed by atoms with van der Waals surface area (Å²) in [4.78, 5) is 0. The van der Waals surface area contributed by atoms with Crippen LogP contribution in [-0.2, 0) is 0 Å². The number of hydrogen-bond acceptors (Lipinski definition) is 4. The van der Waals surface area contributed by atoms with Crippen molar-refractivity contribution in [3.63, 3.8) is 0 Å². The molecule has 0 unspecified atom stereocenters. The molecular formula is C11H12N2O2. The second-order valence-electron chi connectivity index (χ2n) is 2.88. The predicted octanol–water partition coefficient (Wildman–Crippen LogP) is 1.99. The summed E-state index contributed by atoms with van der Waals surface area (Å²) in [6.07, 6.45) is 0.0721. The second-order valence-corrected chi connectivity index (χ2v) is 2.88. The Morgan fingerprint density at radius 2 is 2.13 bits per heavy atom. The number of hydrogen-bond donors (Lipinski definition) is 1. The van der Waals surface area contributed by atoms with E-state index in [0.717, 1.165) is 0 Å². The molecule has 15 heavy (non-hydrogen) atoms. The molecule has 0 aliphatic rings. The molecule has 0 heterocycles. The zero-order valence-electron chi connectivity index (χ0n) is 8.70. The predicted molar refractivity (Wildman–Crippen MR) is 56.6 cm³/mol. The zero-order chi connectivity index (χ0) is 11.3. The lowest BCUT2D eigenvalue weighted by molar-refractivity contribution is 0.394. The fourth-order valence-electron chi connectivity index (χ4n) is 1.22. The van der Waals surface area contributed by atoms with Crippen molar-refractivity contribution in [2.24, 2.45) is 0 Å².